The molecule has 3 aromatic rings. The van der Waals surface area contributed by atoms with Crippen molar-refractivity contribution in [1.82, 2.24) is 9.71 Å². The standard InChI is InChI=1S/C21H25N3O4S/c1-4-16-6-5-7-20(22-16)23-21(25)18(12-14(2)3)24-29(26,27)17-8-9-19-15(13-17)10-11-28-19/h5-11,13-14,18,24H,4,12H2,1-3H3,(H,22,23,25)/t18-/m0/s1. The van der Waals surface area contributed by atoms with E-state index in [2.05, 4.69) is 15.0 Å². The van der Waals surface area contributed by atoms with Gasteiger partial charge in [-0.05, 0) is 55.2 Å². The minimum absolute atomic E-state index is 0.0825. The van der Waals surface area contributed by atoms with E-state index < -0.39 is 22.0 Å². The van der Waals surface area contributed by atoms with Gasteiger partial charge >= 0.3 is 0 Å². The lowest BCUT2D eigenvalue weighted by atomic mass is 10.0. The first-order valence-corrected chi connectivity index (χ1v) is 11.0. The number of sulfonamides is 1. The molecule has 1 amide bonds. The van der Waals surface area contributed by atoms with Crippen LogP contribution in [0, 0.1) is 5.92 Å². The maximum Gasteiger partial charge on any atom is 0.243 e. The number of pyridine rings is 1. The van der Waals surface area contributed by atoms with Crippen LogP contribution in [0.25, 0.3) is 11.0 Å². The molecule has 0 saturated carbocycles. The van der Waals surface area contributed by atoms with Gasteiger partial charge in [0, 0.05) is 11.1 Å². The summed E-state index contributed by atoms with van der Waals surface area (Å²) in [5.41, 5.74) is 1.44. The maximum absolute atomic E-state index is 12.9. The highest BCUT2D eigenvalue weighted by molar-refractivity contribution is 7.89. The summed E-state index contributed by atoms with van der Waals surface area (Å²) >= 11 is 0. The Labute approximate surface area is 170 Å². The number of fused-ring (bicyclic) bond motifs is 1. The molecule has 2 aromatic heterocycles. The minimum atomic E-state index is -3.90. The van der Waals surface area contributed by atoms with Crippen LogP contribution in [0.3, 0.4) is 0 Å². The largest absolute Gasteiger partial charge is 0.464 e. The molecule has 0 aliphatic carbocycles. The second-order valence-electron chi connectivity index (χ2n) is 7.28. The summed E-state index contributed by atoms with van der Waals surface area (Å²) in [4.78, 5) is 17.3. The number of benzene rings is 1. The third kappa shape index (κ3) is 5.21. The summed E-state index contributed by atoms with van der Waals surface area (Å²) in [6.07, 6.45) is 2.59. The number of hydrogen-bond donors (Lipinski definition) is 2. The summed E-state index contributed by atoms with van der Waals surface area (Å²) in [6.45, 7) is 5.84. The molecule has 0 unspecified atom stereocenters. The molecule has 7 nitrogen and oxygen atoms in total. The van der Waals surface area contributed by atoms with Crippen molar-refractivity contribution in [3.63, 3.8) is 0 Å². The Balaban J connectivity index is 1.82. The average Bonchev–Trinajstić information content (AvgIpc) is 3.15. The van der Waals surface area contributed by atoms with Crippen LogP contribution in [0.2, 0.25) is 0 Å². The van der Waals surface area contributed by atoms with Crippen LogP contribution in [0.5, 0.6) is 0 Å². The molecule has 29 heavy (non-hydrogen) atoms. The zero-order valence-corrected chi connectivity index (χ0v) is 17.5. The predicted molar refractivity (Wildman–Crippen MR) is 112 cm³/mol. The van der Waals surface area contributed by atoms with Gasteiger partial charge in [0.2, 0.25) is 15.9 Å². The van der Waals surface area contributed by atoms with Gasteiger partial charge in [0.05, 0.1) is 11.2 Å². The van der Waals surface area contributed by atoms with Crippen molar-refractivity contribution < 1.29 is 17.6 Å². The van der Waals surface area contributed by atoms with Crippen molar-refractivity contribution in [3.05, 3.63) is 54.4 Å². The smallest absolute Gasteiger partial charge is 0.243 e. The molecular formula is C21H25N3O4S. The number of anilines is 1. The Morgan fingerprint density at radius 2 is 1.97 bits per heavy atom. The number of rotatable bonds is 8. The van der Waals surface area contributed by atoms with Gasteiger partial charge in [-0.15, -0.1) is 0 Å². The highest BCUT2D eigenvalue weighted by Crippen LogP contribution is 2.21. The monoisotopic (exact) mass is 415 g/mol. The van der Waals surface area contributed by atoms with Gasteiger partial charge in [0.1, 0.15) is 17.4 Å². The first-order valence-electron chi connectivity index (χ1n) is 9.55. The molecular weight excluding hydrogens is 390 g/mol. The van der Waals surface area contributed by atoms with Crippen LogP contribution in [0.1, 0.15) is 32.9 Å². The van der Waals surface area contributed by atoms with E-state index in [0.29, 0.717) is 23.2 Å². The van der Waals surface area contributed by atoms with E-state index in [1.54, 1.807) is 18.2 Å². The lowest BCUT2D eigenvalue weighted by Gasteiger charge is -2.20. The van der Waals surface area contributed by atoms with Crippen LogP contribution < -0.4 is 10.0 Å². The second kappa shape index (κ2) is 8.75. The predicted octanol–water partition coefficient (Wildman–Crippen LogP) is 3.72. The highest BCUT2D eigenvalue weighted by Gasteiger charge is 2.27. The fourth-order valence-electron chi connectivity index (χ4n) is 3.01. The first kappa shape index (κ1) is 21.0. The third-order valence-electron chi connectivity index (χ3n) is 4.48. The molecule has 0 radical (unpaired) electrons. The number of nitrogens with one attached hydrogen (secondary N) is 2. The van der Waals surface area contributed by atoms with Crippen LogP contribution in [-0.2, 0) is 21.2 Å². The fourth-order valence-corrected chi connectivity index (χ4v) is 4.25. The molecule has 2 N–H and O–H groups in total. The lowest BCUT2D eigenvalue weighted by molar-refractivity contribution is -0.118. The molecule has 8 heteroatoms. The Bertz CT molecular complexity index is 1110. The zero-order chi connectivity index (χ0) is 21.0. The molecule has 0 spiro atoms. The summed E-state index contributed by atoms with van der Waals surface area (Å²) in [6, 6.07) is 10.7. The van der Waals surface area contributed by atoms with Gasteiger partial charge in [-0.3, -0.25) is 4.79 Å². The Kier molecular flexibility index (Phi) is 6.34. The molecule has 1 aromatic carbocycles. The molecule has 154 valence electrons. The summed E-state index contributed by atoms with van der Waals surface area (Å²) < 4.78 is 33.6. The number of amides is 1. The number of hydrogen-bond acceptors (Lipinski definition) is 5. The first-order chi connectivity index (χ1) is 13.8. The number of carbonyl (C=O) groups excluding carboxylic acids is 1. The van der Waals surface area contributed by atoms with Crippen LogP contribution >= 0.6 is 0 Å². The second-order valence-corrected chi connectivity index (χ2v) is 8.99. The Morgan fingerprint density at radius 3 is 2.69 bits per heavy atom. The fraction of sp³-hybridized carbons (Fsp3) is 0.333. The van der Waals surface area contributed by atoms with E-state index in [1.165, 1.54) is 18.4 Å². The summed E-state index contributed by atoms with van der Waals surface area (Å²) in [7, 11) is -3.90. The minimum Gasteiger partial charge on any atom is -0.464 e. The van der Waals surface area contributed by atoms with Crippen LogP contribution in [0.15, 0.2) is 58.0 Å². The van der Waals surface area contributed by atoms with E-state index in [9.17, 15) is 13.2 Å². The molecule has 0 bridgehead atoms. The van der Waals surface area contributed by atoms with E-state index in [1.807, 2.05) is 32.9 Å². The topological polar surface area (TPSA) is 101 Å². The van der Waals surface area contributed by atoms with Gasteiger partial charge in [-0.2, -0.15) is 4.72 Å². The van der Waals surface area contributed by atoms with Gasteiger partial charge in [-0.1, -0.05) is 26.8 Å². The molecule has 0 fully saturated rings. The van der Waals surface area contributed by atoms with E-state index in [-0.39, 0.29) is 10.8 Å². The molecule has 2 heterocycles. The maximum atomic E-state index is 12.9. The van der Waals surface area contributed by atoms with Crippen molar-refractivity contribution in [2.75, 3.05) is 5.32 Å². The van der Waals surface area contributed by atoms with Crippen molar-refractivity contribution in [2.45, 2.75) is 44.6 Å². The van der Waals surface area contributed by atoms with E-state index in [4.69, 9.17) is 4.42 Å². The van der Waals surface area contributed by atoms with Crippen molar-refractivity contribution >= 4 is 32.7 Å². The van der Waals surface area contributed by atoms with Crippen molar-refractivity contribution in [2.24, 2.45) is 5.92 Å². The van der Waals surface area contributed by atoms with Crippen LogP contribution in [-0.4, -0.2) is 25.4 Å². The van der Waals surface area contributed by atoms with Gasteiger partial charge in [0.25, 0.3) is 0 Å². The Morgan fingerprint density at radius 1 is 1.17 bits per heavy atom. The van der Waals surface area contributed by atoms with E-state index in [0.717, 1.165) is 12.1 Å². The zero-order valence-electron chi connectivity index (χ0n) is 16.7. The van der Waals surface area contributed by atoms with E-state index >= 15 is 0 Å². The highest BCUT2D eigenvalue weighted by atomic mass is 32.2. The number of carbonyl (C=O) groups is 1. The quantitative estimate of drug-likeness (QED) is 0.584. The number of nitrogens with zero attached hydrogens (tertiary/aromatic N) is 1. The molecule has 0 saturated heterocycles. The molecule has 0 aliphatic heterocycles. The normalized spacial score (nSPS) is 13.0. The van der Waals surface area contributed by atoms with Crippen LogP contribution in [0.4, 0.5) is 5.82 Å². The van der Waals surface area contributed by atoms with Crippen molar-refractivity contribution in [1.29, 1.82) is 0 Å². The third-order valence-corrected chi connectivity index (χ3v) is 5.94. The molecule has 3 rings (SSSR count). The van der Waals surface area contributed by atoms with Gasteiger partial charge in [0.15, 0.2) is 0 Å². The Hall–Kier alpha value is -2.71. The average molecular weight is 416 g/mol. The van der Waals surface area contributed by atoms with Gasteiger partial charge < -0.3 is 9.73 Å². The molecule has 0 aliphatic rings. The van der Waals surface area contributed by atoms with Gasteiger partial charge in [-0.25, -0.2) is 13.4 Å². The van der Waals surface area contributed by atoms with Crippen molar-refractivity contribution in [3.8, 4) is 0 Å². The SMILES string of the molecule is CCc1cccc(NC(=O)[C@H](CC(C)C)NS(=O)(=O)c2ccc3occc3c2)n1. The number of aryl methyl sites for hydroxylation is 1. The summed E-state index contributed by atoms with van der Waals surface area (Å²) in [5.74, 6) is 0.0780. The summed E-state index contributed by atoms with van der Waals surface area (Å²) in [5, 5.41) is 3.41. The number of aromatic nitrogens is 1. The lowest BCUT2D eigenvalue weighted by Crippen LogP contribution is -2.44. The number of furan rings is 1. The molecule has 1 atom stereocenters.